The largest absolute Gasteiger partial charge is 0.483 e. The number of amides is 2. The highest BCUT2D eigenvalue weighted by Crippen LogP contribution is 2.27. The third-order valence-corrected chi connectivity index (χ3v) is 4.44. The van der Waals surface area contributed by atoms with Gasteiger partial charge in [-0.25, -0.2) is 8.78 Å². The molecule has 0 atom stereocenters. The van der Waals surface area contributed by atoms with Crippen LogP contribution in [-0.2, 0) is 9.59 Å². The van der Waals surface area contributed by atoms with Crippen LogP contribution in [-0.4, -0.2) is 36.4 Å². The maximum absolute atomic E-state index is 13.7. The lowest BCUT2D eigenvalue weighted by Crippen LogP contribution is -2.40. The van der Waals surface area contributed by atoms with E-state index in [4.69, 9.17) is 4.74 Å². The lowest BCUT2D eigenvalue weighted by Gasteiger charge is -2.21. The molecule has 0 saturated heterocycles. The van der Waals surface area contributed by atoms with Crippen molar-refractivity contribution in [3.8, 4) is 5.75 Å². The Bertz CT molecular complexity index is 864. The van der Waals surface area contributed by atoms with E-state index in [1.165, 1.54) is 11.0 Å². The third kappa shape index (κ3) is 6.01. The van der Waals surface area contributed by atoms with Crippen molar-refractivity contribution in [2.24, 2.45) is 0 Å². The van der Waals surface area contributed by atoms with E-state index in [0.717, 1.165) is 23.3 Å². The molecule has 2 aromatic rings. The lowest BCUT2D eigenvalue weighted by molar-refractivity contribution is -0.136. The predicted molar refractivity (Wildman–Crippen MR) is 108 cm³/mol. The molecule has 156 valence electrons. The zero-order chi connectivity index (χ0) is 21.6. The van der Waals surface area contributed by atoms with E-state index in [2.05, 4.69) is 5.32 Å². The number of carbonyl (C=O) groups is 2. The van der Waals surface area contributed by atoms with Crippen LogP contribution in [0.3, 0.4) is 0 Å². The molecule has 0 spiro atoms. The molecule has 0 aliphatic rings. The quantitative estimate of drug-likeness (QED) is 0.715. The van der Waals surface area contributed by atoms with Gasteiger partial charge in [0.25, 0.3) is 5.91 Å². The van der Waals surface area contributed by atoms with Gasteiger partial charge in [-0.05, 0) is 49.1 Å². The molecule has 0 fully saturated rings. The molecule has 1 N–H and O–H groups in total. The first-order valence-corrected chi connectivity index (χ1v) is 9.47. The van der Waals surface area contributed by atoms with Gasteiger partial charge in [0.15, 0.2) is 6.61 Å². The van der Waals surface area contributed by atoms with E-state index in [1.807, 2.05) is 39.0 Å². The van der Waals surface area contributed by atoms with Crippen molar-refractivity contribution in [2.75, 3.05) is 25.0 Å². The molecule has 29 heavy (non-hydrogen) atoms. The number of nitrogens with one attached hydrogen (secondary N) is 1. The highest BCUT2D eigenvalue weighted by molar-refractivity contribution is 5.94. The maximum Gasteiger partial charge on any atom is 0.260 e. The summed E-state index contributed by atoms with van der Waals surface area (Å²) in [6.45, 7) is 7.38. The Labute approximate surface area is 169 Å². The van der Waals surface area contributed by atoms with Gasteiger partial charge in [0.05, 0.1) is 6.54 Å². The first-order chi connectivity index (χ1) is 13.7. The SMILES string of the molecule is CCN(CC(=O)Nc1c(F)cccc1F)C(=O)COc1cc(C)ccc1C(C)C. The van der Waals surface area contributed by atoms with Crippen molar-refractivity contribution in [1.29, 1.82) is 0 Å². The summed E-state index contributed by atoms with van der Waals surface area (Å²) in [4.78, 5) is 25.9. The number of carbonyl (C=O) groups excluding carboxylic acids is 2. The molecule has 0 aliphatic carbocycles. The molecule has 0 aliphatic heterocycles. The van der Waals surface area contributed by atoms with Crippen molar-refractivity contribution in [2.45, 2.75) is 33.6 Å². The lowest BCUT2D eigenvalue weighted by atomic mass is 10.0. The molecule has 7 heteroatoms. The molecule has 0 heterocycles. The van der Waals surface area contributed by atoms with Crippen LogP contribution >= 0.6 is 0 Å². The van der Waals surface area contributed by atoms with Crippen LogP contribution in [0.2, 0.25) is 0 Å². The minimum atomic E-state index is -0.878. The van der Waals surface area contributed by atoms with Gasteiger partial charge in [-0.1, -0.05) is 32.0 Å². The van der Waals surface area contributed by atoms with E-state index in [9.17, 15) is 18.4 Å². The Balaban J connectivity index is 2.00. The highest BCUT2D eigenvalue weighted by atomic mass is 19.1. The monoisotopic (exact) mass is 404 g/mol. The summed E-state index contributed by atoms with van der Waals surface area (Å²) in [6, 6.07) is 9.11. The fourth-order valence-electron chi connectivity index (χ4n) is 2.82. The van der Waals surface area contributed by atoms with Crippen LogP contribution in [0.15, 0.2) is 36.4 Å². The van der Waals surface area contributed by atoms with Crippen LogP contribution in [0, 0.1) is 18.6 Å². The molecule has 2 amide bonds. The number of nitrogens with zero attached hydrogens (tertiary/aromatic N) is 1. The molecule has 2 rings (SSSR count). The Morgan fingerprint density at radius 1 is 1.14 bits per heavy atom. The van der Waals surface area contributed by atoms with E-state index < -0.39 is 29.1 Å². The summed E-state index contributed by atoms with van der Waals surface area (Å²) in [5.74, 6) is -1.99. The standard InChI is InChI=1S/C22H26F2N2O3/c1-5-26(12-20(27)25-22-17(23)7-6-8-18(22)24)21(28)13-29-19-11-15(4)9-10-16(19)14(2)3/h6-11,14H,5,12-13H2,1-4H3,(H,25,27). The number of ether oxygens (including phenoxy) is 1. The number of anilines is 1. The van der Waals surface area contributed by atoms with Gasteiger partial charge in [0, 0.05) is 6.54 Å². The van der Waals surface area contributed by atoms with E-state index >= 15 is 0 Å². The zero-order valence-electron chi connectivity index (χ0n) is 17.1. The molecule has 2 aromatic carbocycles. The minimum absolute atomic E-state index is 0.226. The maximum atomic E-state index is 13.7. The van der Waals surface area contributed by atoms with Crippen molar-refractivity contribution in [1.82, 2.24) is 4.90 Å². The smallest absolute Gasteiger partial charge is 0.260 e. The first kappa shape index (κ1) is 22.3. The molecule has 0 unspecified atom stereocenters. The highest BCUT2D eigenvalue weighted by Gasteiger charge is 2.19. The number of likely N-dealkylation sites (N-methyl/N-ethyl adjacent to an activating group) is 1. The van der Waals surface area contributed by atoms with Crippen molar-refractivity contribution in [3.63, 3.8) is 0 Å². The van der Waals surface area contributed by atoms with E-state index in [-0.39, 0.29) is 25.6 Å². The predicted octanol–water partition coefficient (Wildman–Crippen LogP) is 4.26. The fourth-order valence-corrected chi connectivity index (χ4v) is 2.82. The van der Waals surface area contributed by atoms with Gasteiger partial charge in [0.1, 0.15) is 23.1 Å². The number of rotatable bonds is 8. The normalized spacial score (nSPS) is 10.7. The van der Waals surface area contributed by atoms with Gasteiger partial charge < -0.3 is 15.0 Å². The Morgan fingerprint density at radius 2 is 1.79 bits per heavy atom. The Morgan fingerprint density at radius 3 is 2.38 bits per heavy atom. The number of halogens is 2. The fraction of sp³-hybridized carbons (Fsp3) is 0.364. The van der Waals surface area contributed by atoms with Crippen LogP contribution in [0.1, 0.15) is 37.8 Å². The van der Waals surface area contributed by atoms with Crippen molar-refractivity contribution < 1.29 is 23.1 Å². The van der Waals surface area contributed by atoms with E-state index in [1.54, 1.807) is 6.92 Å². The van der Waals surface area contributed by atoms with Gasteiger partial charge >= 0.3 is 0 Å². The number of hydrogen-bond donors (Lipinski definition) is 1. The zero-order valence-corrected chi connectivity index (χ0v) is 17.1. The minimum Gasteiger partial charge on any atom is -0.483 e. The van der Waals surface area contributed by atoms with Gasteiger partial charge in [-0.3, -0.25) is 9.59 Å². The molecule has 0 radical (unpaired) electrons. The molecular weight excluding hydrogens is 378 g/mol. The van der Waals surface area contributed by atoms with Crippen LogP contribution in [0.5, 0.6) is 5.75 Å². The molecule has 5 nitrogen and oxygen atoms in total. The third-order valence-electron chi connectivity index (χ3n) is 4.44. The summed E-state index contributed by atoms with van der Waals surface area (Å²) in [7, 11) is 0. The molecule has 0 saturated carbocycles. The summed E-state index contributed by atoms with van der Waals surface area (Å²) < 4.78 is 33.1. The second kappa shape index (κ2) is 10.0. The summed E-state index contributed by atoms with van der Waals surface area (Å²) in [6.07, 6.45) is 0. The number of para-hydroxylation sites is 1. The topological polar surface area (TPSA) is 58.6 Å². The van der Waals surface area contributed by atoms with Crippen LogP contribution in [0.25, 0.3) is 0 Å². The van der Waals surface area contributed by atoms with Crippen molar-refractivity contribution in [3.05, 3.63) is 59.2 Å². The molecule has 0 aromatic heterocycles. The van der Waals surface area contributed by atoms with Crippen molar-refractivity contribution >= 4 is 17.5 Å². The van der Waals surface area contributed by atoms with E-state index in [0.29, 0.717) is 5.75 Å². The second-order valence-electron chi connectivity index (χ2n) is 7.04. The number of benzene rings is 2. The van der Waals surface area contributed by atoms with Gasteiger partial charge in [0.2, 0.25) is 5.91 Å². The average molecular weight is 404 g/mol. The molecule has 0 bridgehead atoms. The van der Waals surface area contributed by atoms with Gasteiger partial charge in [-0.2, -0.15) is 0 Å². The van der Waals surface area contributed by atoms with Gasteiger partial charge in [-0.15, -0.1) is 0 Å². The number of aryl methyl sites for hydroxylation is 1. The van der Waals surface area contributed by atoms with Crippen LogP contribution < -0.4 is 10.1 Å². The Hall–Kier alpha value is -2.96. The summed E-state index contributed by atoms with van der Waals surface area (Å²) in [5, 5.41) is 2.18. The average Bonchev–Trinajstić information content (AvgIpc) is 2.67. The van der Waals surface area contributed by atoms with Crippen LogP contribution in [0.4, 0.5) is 14.5 Å². The first-order valence-electron chi connectivity index (χ1n) is 9.47. The second-order valence-corrected chi connectivity index (χ2v) is 7.04. The summed E-state index contributed by atoms with van der Waals surface area (Å²) >= 11 is 0. The summed E-state index contributed by atoms with van der Waals surface area (Å²) in [5.41, 5.74) is 1.47. The molecular formula is C22H26F2N2O3. The number of hydrogen-bond acceptors (Lipinski definition) is 3. The Kier molecular flexibility index (Phi) is 7.70.